The molecule has 1 unspecified atom stereocenters. The molecule has 178 valence electrons. The number of aromatic nitrogens is 1. The number of halogens is 1. The van der Waals surface area contributed by atoms with Crippen molar-refractivity contribution < 1.29 is 31.1 Å². The summed E-state index contributed by atoms with van der Waals surface area (Å²) < 4.78 is 7.62. The second kappa shape index (κ2) is 20.7. The number of pyridine rings is 1. The molecule has 1 atom stereocenters. The SMILES string of the molecule is C=C(C)C(=O)OC(CCCCCCCCCCCCCCCCC)[n+]1ccccc1.[Br-]. The van der Waals surface area contributed by atoms with E-state index in [-0.39, 0.29) is 29.2 Å². The van der Waals surface area contributed by atoms with Gasteiger partial charge in [-0.1, -0.05) is 109 Å². The van der Waals surface area contributed by atoms with Crippen LogP contribution in [0.1, 0.15) is 123 Å². The molecule has 0 aliphatic rings. The van der Waals surface area contributed by atoms with E-state index in [0.717, 1.165) is 12.8 Å². The van der Waals surface area contributed by atoms with Gasteiger partial charge in [-0.05, 0) is 13.3 Å². The highest BCUT2D eigenvalue weighted by atomic mass is 79.9. The Hall–Kier alpha value is -1.16. The van der Waals surface area contributed by atoms with Gasteiger partial charge in [-0.15, -0.1) is 0 Å². The average molecular weight is 497 g/mol. The van der Waals surface area contributed by atoms with Gasteiger partial charge >= 0.3 is 12.2 Å². The summed E-state index contributed by atoms with van der Waals surface area (Å²) in [6.45, 7) is 7.67. The van der Waals surface area contributed by atoms with Crippen molar-refractivity contribution in [1.29, 1.82) is 0 Å². The minimum absolute atomic E-state index is 0. The van der Waals surface area contributed by atoms with Crippen LogP contribution in [0.5, 0.6) is 0 Å². The molecule has 0 aliphatic carbocycles. The highest BCUT2D eigenvalue weighted by molar-refractivity contribution is 5.86. The highest BCUT2D eigenvalue weighted by Gasteiger charge is 2.22. The Morgan fingerprint density at radius 2 is 1.19 bits per heavy atom. The summed E-state index contributed by atoms with van der Waals surface area (Å²) in [7, 11) is 0. The summed E-state index contributed by atoms with van der Waals surface area (Å²) in [6.07, 6.45) is 24.9. The van der Waals surface area contributed by atoms with E-state index in [2.05, 4.69) is 13.5 Å². The van der Waals surface area contributed by atoms with Gasteiger partial charge in [-0.25, -0.2) is 4.79 Å². The maximum absolute atomic E-state index is 12.0. The van der Waals surface area contributed by atoms with Crippen LogP contribution in [0.15, 0.2) is 42.7 Å². The molecule has 0 radical (unpaired) electrons. The molecule has 0 aromatic carbocycles. The second-order valence-electron chi connectivity index (χ2n) is 8.70. The van der Waals surface area contributed by atoms with Gasteiger partial charge in [0.15, 0.2) is 12.4 Å². The van der Waals surface area contributed by atoms with Gasteiger partial charge in [0.25, 0.3) is 0 Å². The third-order valence-electron chi connectivity index (χ3n) is 5.72. The predicted molar refractivity (Wildman–Crippen MR) is 126 cm³/mol. The highest BCUT2D eigenvalue weighted by Crippen LogP contribution is 2.16. The number of carbonyl (C=O) groups excluding carboxylic acids is 1. The lowest BCUT2D eigenvalue weighted by Gasteiger charge is -2.13. The number of unbranched alkanes of at least 4 members (excludes halogenated alkanes) is 14. The number of carbonyl (C=O) groups is 1. The van der Waals surface area contributed by atoms with Crippen LogP contribution in [-0.4, -0.2) is 5.97 Å². The predicted octanol–water partition coefficient (Wildman–Crippen LogP) is 4.86. The zero-order chi connectivity index (χ0) is 21.9. The average Bonchev–Trinajstić information content (AvgIpc) is 2.76. The minimum Gasteiger partial charge on any atom is -1.00 e. The Labute approximate surface area is 202 Å². The monoisotopic (exact) mass is 495 g/mol. The van der Waals surface area contributed by atoms with Crippen molar-refractivity contribution in [2.75, 3.05) is 0 Å². The summed E-state index contributed by atoms with van der Waals surface area (Å²) in [5.74, 6) is -0.308. The van der Waals surface area contributed by atoms with Gasteiger partial charge < -0.3 is 21.7 Å². The summed E-state index contributed by atoms with van der Waals surface area (Å²) in [5.41, 5.74) is 0.452. The van der Waals surface area contributed by atoms with Crippen LogP contribution in [0.25, 0.3) is 0 Å². The lowest BCUT2D eigenvalue weighted by atomic mass is 10.0. The van der Waals surface area contributed by atoms with Crippen molar-refractivity contribution in [3.8, 4) is 0 Å². The van der Waals surface area contributed by atoms with E-state index in [1.807, 2.05) is 35.2 Å². The van der Waals surface area contributed by atoms with E-state index in [1.165, 1.54) is 89.9 Å². The van der Waals surface area contributed by atoms with Crippen LogP contribution in [0.4, 0.5) is 0 Å². The Balaban J connectivity index is 0.00000900. The second-order valence-corrected chi connectivity index (χ2v) is 8.70. The van der Waals surface area contributed by atoms with E-state index in [4.69, 9.17) is 4.74 Å². The molecule has 0 saturated carbocycles. The van der Waals surface area contributed by atoms with Gasteiger partial charge in [0.05, 0.1) is 0 Å². The largest absolute Gasteiger partial charge is 1.00 e. The first-order valence-corrected chi connectivity index (χ1v) is 12.5. The lowest BCUT2D eigenvalue weighted by molar-refractivity contribution is -0.757. The maximum Gasteiger partial charge on any atom is 0.338 e. The van der Waals surface area contributed by atoms with Crippen LogP contribution in [0.2, 0.25) is 0 Å². The van der Waals surface area contributed by atoms with E-state index in [1.54, 1.807) is 6.92 Å². The smallest absolute Gasteiger partial charge is 0.338 e. The van der Waals surface area contributed by atoms with Crippen LogP contribution >= 0.6 is 0 Å². The zero-order valence-electron chi connectivity index (χ0n) is 20.1. The van der Waals surface area contributed by atoms with Crippen LogP contribution in [0.3, 0.4) is 0 Å². The molecular formula is C27H46BrNO2. The van der Waals surface area contributed by atoms with Crippen molar-refractivity contribution in [3.63, 3.8) is 0 Å². The topological polar surface area (TPSA) is 30.2 Å². The first-order chi connectivity index (χ1) is 14.6. The van der Waals surface area contributed by atoms with Crippen molar-refractivity contribution in [2.24, 2.45) is 0 Å². The zero-order valence-corrected chi connectivity index (χ0v) is 21.7. The molecule has 0 aliphatic heterocycles. The molecule has 0 N–H and O–H groups in total. The van der Waals surface area contributed by atoms with Gasteiger partial charge in [-0.2, -0.15) is 4.57 Å². The molecule has 3 nitrogen and oxygen atoms in total. The number of ether oxygens (including phenoxy) is 1. The van der Waals surface area contributed by atoms with Crippen molar-refractivity contribution in [3.05, 3.63) is 42.7 Å². The number of esters is 1. The molecule has 31 heavy (non-hydrogen) atoms. The molecule has 0 bridgehead atoms. The molecular weight excluding hydrogens is 450 g/mol. The standard InChI is InChI=1S/C27H46NO2.BrH/c1-4-5-6-7-8-9-10-11-12-13-14-15-16-17-19-22-26(30-27(29)25(2)3)28-23-20-18-21-24-28;/h18,20-21,23-24,26H,2,4-17,19,22H2,1,3H3;1H/q+1;/p-1. The number of hydrogen-bond donors (Lipinski definition) is 0. The molecule has 1 aromatic rings. The third-order valence-corrected chi connectivity index (χ3v) is 5.72. The normalized spacial score (nSPS) is 11.5. The summed E-state index contributed by atoms with van der Waals surface area (Å²) in [5, 5.41) is 0. The molecule has 0 fully saturated rings. The number of hydrogen-bond acceptors (Lipinski definition) is 2. The Kier molecular flexibility index (Phi) is 20.0. The van der Waals surface area contributed by atoms with Gasteiger partial charge in [0, 0.05) is 24.1 Å². The van der Waals surface area contributed by atoms with Gasteiger partial charge in [0.1, 0.15) is 0 Å². The van der Waals surface area contributed by atoms with Gasteiger partial charge in [-0.3, -0.25) is 0 Å². The molecule has 0 spiro atoms. The maximum atomic E-state index is 12.0. The van der Waals surface area contributed by atoms with Crippen molar-refractivity contribution in [1.82, 2.24) is 0 Å². The van der Waals surface area contributed by atoms with Crippen LogP contribution < -0.4 is 21.5 Å². The van der Waals surface area contributed by atoms with E-state index >= 15 is 0 Å². The fraction of sp³-hybridized carbons (Fsp3) is 0.704. The first-order valence-electron chi connectivity index (χ1n) is 12.5. The quantitative estimate of drug-likeness (QED) is 0.119. The Bertz CT molecular complexity index is 562. The Morgan fingerprint density at radius 1 is 0.774 bits per heavy atom. The fourth-order valence-electron chi connectivity index (χ4n) is 3.79. The molecule has 0 saturated heterocycles. The lowest BCUT2D eigenvalue weighted by Crippen LogP contribution is -3.00. The van der Waals surface area contributed by atoms with E-state index < -0.39 is 0 Å². The van der Waals surface area contributed by atoms with Gasteiger partial charge in [0.2, 0.25) is 0 Å². The molecule has 1 rings (SSSR count). The molecule has 1 aromatic heterocycles. The molecule has 0 amide bonds. The van der Waals surface area contributed by atoms with Crippen molar-refractivity contribution >= 4 is 5.97 Å². The molecule has 4 heteroatoms. The van der Waals surface area contributed by atoms with Crippen LogP contribution in [0, 0.1) is 0 Å². The first kappa shape index (κ1) is 29.8. The summed E-state index contributed by atoms with van der Waals surface area (Å²) in [6, 6.07) is 5.91. The van der Waals surface area contributed by atoms with E-state index in [0.29, 0.717) is 5.57 Å². The molecule has 1 heterocycles. The minimum atomic E-state index is -0.308. The number of rotatable bonds is 19. The summed E-state index contributed by atoms with van der Waals surface area (Å²) in [4.78, 5) is 12.0. The van der Waals surface area contributed by atoms with Crippen molar-refractivity contribution in [2.45, 2.75) is 123 Å². The Morgan fingerprint density at radius 3 is 1.61 bits per heavy atom. The third kappa shape index (κ3) is 16.2. The number of nitrogens with zero attached hydrogens (tertiary/aromatic N) is 1. The fourth-order valence-corrected chi connectivity index (χ4v) is 3.79. The van der Waals surface area contributed by atoms with Crippen LogP contribution in [-0.2, 0) is 9.53 Å². The van der Waals surface area contributed by atoms with E-state index in [9.17, 15) is 4.79 Å². The summed E-state index contributed by atoms with van der Waals surface area (Å²) >= 11 is 0.